The normalized spacial score (nSPS) is 12.5. The Bertz CT molecular complexity index is 888. The van der Waals surface area contributed by atoms with Crippen LogP contribution in [0.5, 0.6) is 0 Å². The van der Waals surface area contributed by atoms with Gasteiger partial charge in [-0.25, -0.2) is 18.4 Å². The van der Waals surface area contributed by atoms with Crippen LogP contribution < -0.4 is 4.72 Å². The van der Waals surface area contributed by atoms with Gasteiger partial charge in [-0.05, 0) is 6.07 Å². The molecule has 1 aromatic carbocycles. The van der Waals surface area contributed by atoms with Crippen molar-refractivity contribution < 1.29 is 26.5 Å². The highest BCUT2D eigenvalue weighted by Crippen LogP contribution is 2.25. The molecule has 0 bridgehead atoms. The number of sulfonamides is 1. The standard InChI is InChI=1S/C10H6ClF3N4O4S/c11-9-6-2-1-5(18(19)20)3-7(6)16-8(17-9)4-15-23(21,22)10(12,13)14/h1-3,15H,4H2. The number of nitrogens with zero attached hydrogens (tertiary/aromatic N) is 3. The molecular formula is C10H6ClF3N4O4S. The number of nitro benzene ring substituents is 1. The molecule has 1 N–H and O–H groups in total. The predicted octanol–water partition coefficient (Wildman–Crippen LogP) is 2.13. The lowest BCUT2D eigenvalue weighted by molar-refractivity contribution is -0.384. The number of hydrogen-bond donors (Lipinski definition) is 1. The summed E-state index contributed by atoms with van der Waals surface area (Å²) in [6, 6.07) is 3.48. The first-order valence-electron chi connectivity index (χ1n) is 5.68. The summed E-state index contributed by atoms with van der Waals surface area (Å²) in [7, 11) is -5.56. The molecule has 2 aromatic rings. The summed E-state index contributed by atoms with van der Waals surface area (Å²) in [4.78, 5) is 17.4. The number of halogens is 4. The maximum Gasteiger partial charge on any atom is 0.511 e. The highest BCUT2D eigenvalue weighted by atomic mass is 35.5. The molecule has 0 atom stereocenters. The predicted molar refractivity (Wildman–Crippen MR) is 73.0 cm³/mol. The SMILES string of the molecule is O=[N+]([O-])c1ccc2c(Cl)nc(CNS(=O)(=O)C(F)(F)F)nc2c1. The van der Waals surface area contributed by atoms with E-state index in [-0.39, 0.29) is 27.6 Å². The smallest absolute Gasteiger partial charge is 0.258 e. The van der Waals surface area contributed by atoms with E-state index in [9.17, 15) is 31.7 Å². The number of non-ortho nitro benzene ring substituents is 1. The first-order valence-corrected chi connectivity index (χ1v) is 7.54. The Morgan fingerprint density at radius 1 is 1.30 bits per heavy atom. The third-order valence-corrected chi connectivity index (χ3v) is 4.04. The van der Waals surface area contributed by atoms with Crippen LogP contribution in [0.25, 0.3) is 10.9 Å². The van der Waals surface area contributed by atoms with E-state index < -0.39 is 27.0 Å². The Morgan fingerprint density at radius 2 is 1.96 bits per heavy atom. The van der Waals surface area contributed by atoms with E-state index in [4.69, 9.17) is 11.6 Å². The van der Waals surface area contributed by atoms with Crippen LogP contribution in [0.2, 0.25) is 5.15 Å². The van der Waals surface area contributed by atoms with E-state index >= 15 is 0 Å². The molecule has 1 heterocycles. The molecule has 0 aliphatic carbocycles. The molecule has 0 saturated heterocycles. The van der Waals surface area contributed by atoms with Gasteiger partial charge in [0, 0.05) is 17.5 Å². The molecule has 0 radical (unpaired) electrons. The number of aromatic nitrogens is 2. The number of nitrogens with one attached hydrogen (secondary N) is 1. The van der Waals surface area contributed by atoms with Crippen LogP contribution in [0.4, 0.5) is 18.9 Å². The zero-order chi connectivity index (χ0) is 17.4. The number of rotatable bonds is 4. The third-order valence-electron chi connectivity index (χ3n) is 2.62. The van der Waals surface area contributed by atoms with Gasteiger partial charge in [0.05, 0.1) is 17.0 Å². The Kier molecular flexibility index (Phi) is 4.41. The quantitative estimate of drug-likeness (QED) is 0.501. The van der Waals surface area contributed by atoms with Crippen LogP contribution in [0.1, 0.15) is 5.82 Å². The van der Waals surface area contributed by atoms with Crippen LogP contribution in [0.15, 0.2) is 18.2 Å². The van der Waals surface area contributed by atoms with Crippen molar-refractivity contribution in [3.63, 3.8) is 0 Å². The van der Waals surface area contributed by atoms with Gasteiger partial charge < -0.3 is 0 Å². The fourth-order valence-corrected chi connectivity index (χ4v) is 2.30. The molecule has 124 valence electrons. The van der Waals surface area contributed by atoms with E-state index in [1.165, 1.54) is 10.8 Å². The summed E-state index contributed by atoms with van der Waals surface area (Å²) in [6.07, 6.45) is 0. The van der Waals surface area contributed by atoms with Crippen molar-refractivity contribution in [3.05, 3.63) is 39.3 Å². The van der Waals surface area contributed by atoms with Gasteiger partial charge >= 0.3 is 15.5 Å². The lowest BCUT2D eigenvalue weighted by Crippen LogP contribution is -2.36. The van der Waals surface area contributed by atoms with E-state index in [2.05, 4.69) is 9.97 Å². The zero-order valence-corrected chi connectivity index (χ0v) is 12.4. The van der Waals surface area contributed by atoms with E-state index in [0.717, 1.165) is 12.1 Å². The summed E-state index contributed by atoms with van der Waals surface area (Å²) in [5, 5.41) is 10.8. The second-order valence-corrected chi connectivity index (χ2v) is 6.28. The van der Waals surface area contributed by atoms with Crippen LogP contribution in [0, 0.1) is 10.1 Å². The van der Waals surface area contributed by atoms with Crippen molar-refractivity contribution in [2.24, 2.45) is 0 Å². The van der Waals surface area contributed by atoms with Crippen molar-refractivity contribution in [1.29, 1.82) is 0 Å². The zero-order valence-electron chi connectivity index (χ0n) is 10.8. The molecule has 13 heteroatoms. The lowest BCUT2D eigenvalue weighted by Gasteiger charge is -2.09. The fraction of sp³-hybridized carbons (Fsp3) is 0.200. The topological polar surface area (TPSA) is 115 Å². The highest BCUT2D eigenvalue weighted by Gasteiger charge is 2.45. The third kappa shape index (κ3) is 3.65. The second-order valence-electron chi connectivity index (χ2n) is 4.16. The van der Waals surface area contributed by atoms with Crippen molar-refractivity contribution in [1.82, 2.24) is 14.7 Å². The molecule has 8 nitrogen and oxygen atoms in total. The molecule has 23 heavy (non-hydrogen) atoms. The largest absolute Gasteiger partial charge is 0.511 e. The number of fused-ring (bicyclic) bond motifs is 1. The summed E-state index contributed by atoms with van der Waals surface area (Å²) in [5.41, 5.74) is -5.79. The maximum absolute atomic E-state index is 12.2. The van der Waals surface area contributed by atoms with Gasteiger partial charge in [0.25, 0.3) is 5.69 Å². The summed E-state index contributed by atoms with van der Waals surface area (Å²) >= 11 is 5.81. The molecule has 2 rings (SSSR count). The van der Waals surface area contributed by atoms with Crippen molar-refractivity contribution >= 4 is 38.2 Å². The van der Waals surface area contributed by atoms with Gasteiger partial charge in [-0.3, -0.25) is 10.1 Å². The number of nitro groups is 1. The molecule has 0 aliphatic heterocycles. The fourth-order valence-electron chi connectivity index (χ4n) is 1.56. The first-order chi connectivity index (χ1) is 10.5. The molecule has 0 spiro atoms. The van der Waals surface area contributed by atoms with Crippen LogP contribution >= 0.6 is 11.6 Å². The molecule has 0 amide bonds. The molecule has 0 fully saturated rings. The van der Waals surface area contributed by atoms with Gasteiger partial charge in [0.2, 0.25) is 0 Å². The van der Waals surface area contributed by atoms with Crippen LogP contribution in [-0.2, 0) is 16.6 Å². The van der Waals surface area contributed by atoms with Crippen molar-refractivity contribution in [3.8, 4) is 0 Å². The molecule has 1 aromatic heterocycles. The average Bonchev–Trinajstić information content (AvgIpc) is 2.43. The maximum atomic E-state index is 12.2. The minimum Gasteiger partial charge on any atom is -0.258 e. The van der Waals surface area contributed by atoms with E-state index in [1.807, 2.05) is 0 Å². The Balaban J connectivity index is 2.37. The van der Waals surface area contributed by atoms with Gasteiger partial charge in [-0.2, -0.15) is 17.9 Å². The molecule has 0 aliphatic rings. The van der Waals surface area contributed by atoms with E-state index in [1.54, 1.807) is 0 Å². The van der Waals surface area contributed by atoms with Crippen LogP contribution in [-0.4, -0.2) is 28.8 Å². The lowest BCUT2D eigenvalue weighted by atomic mass is 10.2. The minimum absolute atomic E-state index is 0.000377. The van der Waals surface area contributed by atoms with Crippen molar-refractivity contribution in [2.75, 3.05) is 0 Å². The van der Waals surface area contributed by atoms with Gasteiger partial charge in [-0.15, -0.1) is 0 Å². The summed E-state index contributed by atoms with van der Waals surface area (Å²) in [6.45, 7) is -0.875. The highest BCUT2D eigenvalue weighted by molar-refractivity contribution is 7.90. The average molecular weight is 371 g/mol. The Morgan fingerprint density at radius 3 is 2.52 bits per heavy atom. The Labute approximate surface area is 131 Å². The number of hydrogen-bond acceptors (Lipinski definition) is 6. The summed E-state index contributed by atoms with van der Waals surface area (Å²) < 4.78 is 59.7. The molecular weight excluding hydrogens is 365 g/mol. The monoisotopic (exact) mass is 370 g/mol. The van der Waals surface area contributed by atoms with Gasteiger partial charge in [-0.1, -0.05) is 11.6 Å². The second kappa shape index (κ2) is 5.86. The first kappa shape index (κ1) is 17.3. The number of alkyl halides is 3. The van der Waals surface area contributed by atoms with Gasteiger partial charge in [0.1, 0.15) is 11.0 Å². The Hall–Kier alpha value is -2.05. The number of benzene rings is 1. The van der Waals surface area contributed by atoms with Crippen molar-refractivity contribution in [2.45, 2.75) is 12.1 Å². The molecule has 0 saturated carbocycles. The summed E-state index contributed by atoms with van der Waals surface area (Å²) in [5.74, 6) is -0.365. The van der Waals surface area contributed by atoms with Gasteiger partial charge in [0.15, 0.2) is 0 Å². The van der Waals surface area contributed by atoms with E-state index in [0.29, 0.717) is 0 Å². The minimum atomic E-state index is -5.56. The van der Waals surface area contributed by atoms with Crippen LogP contribution in [0.3, 0.4) is 0 Å². The molecule has 0 unspecified atom stereocenters.